The topological polar surface area (TPSA) is 56.0 Å². The molecule has 1 N–H and O–H groups in total. The number of rotatable bonds is 5. The van der Waals surface area contributed by atoms with Gasteiger partial charge in [0.25, 0.3) is 11.5 Å². The summed E-state index contributed by atoms with van der Waals surface area (Å²) in [5, 5.41) is 3.84. The van der Waals surface area contributed by atoms with Crippen LogP contribution in [0.25, 0.3) is 10.9 Å². The predicted octanol–water partition coefficient (Wildman–Crippen LogP) is 3.73. The SMILES string of the molecule is CCn1cc(NC(=O)c2cn(CC(C)C)c3ccccc23)ccc1=O. The van der Waals surface area contributed by atoms with Crippen LogP contribution in [0.15, 0.2) is 53.6 Å². The van der Waals surface area contributed by atoms with E-state index in [4.69, 9.17) is 0 Å². The van der Waals surface area contributed by atoms with E-state index in [1.807, 2.05) is 37.4 Å². The number of pyridine rings is 1. The Morgan fingerprint density at radius 2 is 1.84 bits per heavy atom. The second kappa shape index (κ2) is 6.97. The Balaban J connectivity index is 1.96. The number of anilines is 1. The molecule has 3 aromatic rings. The van der Waals surface area contributed by atoms with Crippen LogP contribution in [0.1, 0.15) is 31.1 Å². The summed E-state index contributed by atoms with van der Waals surface area (Å²) >= 11 is 0. The average molecular weight is 337 g/mol. The van der Waals surface area contributed by atoms with E-state index in [9.17, 15) is 9.59 Å². The zero-order valence-corrected chi connectivity index (χ0v) is 14.8. The molecule has 2 heterocycles. The van der Waals surface area contributed by atoms with E-state index in [-0.39, 0.29) is 11.5 Å². The third-order valence-electron chi connectivity index (χ3n) is 4.18. The standard InChI is InChI=1S/C20H23N3O2/c1-4-22-12-15(9-10-19(22)24)21-20(25)17-13-23(11-14(2)3)18-8-6-5-7-16(17)18/h5-10,12-14H,4,11H2,1-3H3,(H,21,25). The Morgan fingerprint density at radius 3 is 2.56 bits per heavy atom. The van der Waals surface area contributed by atoms with Crippen molar-refractivity contribution >= 4 is 22.5 Å². The normalized spacial score (nSPS) is 11.2. The largest absolute Gasteiger partial charge is 0.346 e. The van der Waals surface area contributed by atoms with Crippen molar-refractivity contribution in [2.45, 2.75) is 33.9 Å². The van der Waals surface area contributed by atoms with E-state index in [2.05, 4.69) is 23.7 Å². The number of hydrogen-bond acceptors (Lipinski definition) is 2. The molecule has 0 aliphatic heterocycles. The third kappa shape index (κ3) is 3.50. The van der Waals surface area contributed by atoms with E-state index in [1.54, 1.807) is 16.8 Å². The lowest BCUT2D eigenvalue weighted by molar-refractivity contribution is 0.102. The van der Waals surface area contributed by atoms with Crippen LogP contribution in [-0.4, -0.2) is 15.0 Å². The van der Waals surface area contributed by atoms with Gasteiger partial charge < -0.3 is 14.5 Å². The summed E-state index contributed by atoms with van der Waals surface area (Å²) in [5.41, 5.74) is 2.24. The Hall–Kier alpha value is -2.82. The van der Waals surface area contributed by atoms with Gasteiger partial charge in [0.2, 0.25) is 0 Å². The maximum atomic E-state index is 12.8. The third-order valence-corrected chi connectivity index (χ3v) is 4.18. The van der Waals surface area contributed by atoms with Gasteiger partial charge in [0.1, 0.15) is 0 Å². The predicted molar refractivity (Wildman–Crippen MR) is 101 cm³/mol. The number of carbonyl (C=O) groups is 1. The van der Waals surface area contributed by atoms with Gasteiger partial charge in [0.15, 0.2) is 0 Å². The number of nitrogens with zero attached hydrogens (tertiary/aromatic N) is 2. The number of para-hydroxylation sites is 1. The first-order valence-electron chi connectivity index (χ1n) is 8.59. The van der Waals surface area contributed by atoms with Crippen molar-refractivity contribution in [3.8, 4) is 0 Å². The number of nitrogens with one attached hydrogen (secondary N) is 1. The summed E-state index contributed by atoms with van der Waals surface area (Å²) < 4.78 is 3.69. The minimum Gasteiger partial charge on any atom is -0.346 e. The molecule has 0 saturated heterocycles. The minimum absolute atomic E-state index is 0.0750. The van der Waals surface area contributed by atoms with E-state index < -0.39 is 0 Å². The van der Waals surface area contributed by atoms with Gasteiger partial charge in [0.05, 0.1) is 11.3 Å². The molecule has 5 heteroatoms. The lowest BCUT2D eigenvalue weighted by atomic mass is 10.1. The van der Waals surface area contributed by atoms with Crippen LogP contribution >= 0.6 is 0 Å². The number of carbonyl (C=O) groups excluding carboxylic acids is 1. The zero-order chi connectivity index (χ0) is 18.0. The summed E-state index contributed by atoms with van der Waals surface area (Å²) in [7, 11) is 0. The van der Waals surface area contributed by atoms with Crippen LogP contribution in [0.3, 0.4) is 0 Å². The van der Waals surface area contributed by atoms with E-state index in [0.717, 1.165) is 17.4 Å². The first kappa shape index (κ1) is 17.0. The fraction of sp³-hybridized carbons (Fsp3) is 0.300. The van der Waals surface area contributed by atoms with Crippen LogP contribution in [0.2, 0.25) is 0 Å². The summed E-state index contributed by atoms with van der Waals surface area (Å²) in [4.78, 5) is 24.5. The monoisotopic (exact) mass is 337 g/mol. The average Bonchev–Trinajstić information content (AvgIpc) is 2.95. The molecule has 1 aromatic carbocycles. The number of hydrogen-bond donors (Lipinski definition) is 1. The molecule has 1 amide bonds. The summed E-state index contributed by atoms with van der Waals surface area (Å²) in [6.45, 7) is 7.63. The summed E-state index contributed by atoms with van der Waals surface area (Å²) in [6.07, 6.45) is 3.59. The molecule has 0 saturated carbocycles. The second-order valence-electron chi connectivity index (χ2n) is 6.60. The van der Waals surface area contributed by atoms with Gasteiger partial charge in [-0.25, -0.2) is 0 Å². The van der Waals surface area contributed by atoms with Crippen molar-refractivity contribution in [3.63, 3.8) is 0 Å². The Labute approximate surface area is 146 Å². The van der Waals surface area contributed by atoms with Crippen LogP contribution in [0.5, 0.6) is 0 Å². The summed E-state index contributed by atoms with van der Waals surface area (Å²) in [5.74, 6) is 0.319. The highest BCUT2D eigenvalue weighted by Gasteiger charge is 2.15. The lowest BCUT2D eigenvalue weighted by Gasteiger charge is -2.08. The first-order valence-corrected chi connectivity index (χ1v) is 8.59. The van der Waals surface area contributed by atoms with Gasteiger partial charge in [-0.05, 0) is 25.0 Å². The smallest absolute Gasteiger partial charge is 0.257 e. The van der Waals surface area contributed by atoms with Gasteiger partial charge in [-0.1, -0.05) is 32.0 Å². The van der Waals surface area contributed by atoms with Gasteiger partial charge in [0, 0.05) is 42.5 Å². The molecular weight excluding hydrogens is 314 g/mol. The highest BCUT2D eigenvalue weighted by Crippen LogP contribution is 2.23. The number of amides is 1. The van der Waals surface area contributed by atoms with Crippen LogP contribution in [0, 0.1) is 5.92 Å². The van der Waals surface area contributed by atoms with E-state index in [1.165, 1.54) is 6.07 Å². The maximum absolute atomic E-state index is 12.8. The van der Waals surface area contributed by atoms with Crippen LogP contribution < -0.4 is 10.9 Å². The quantitative estimate of drug-likeness (QED) is 0.771. The Morgan fingerprint density at radius 1 is 1.08 bits per heavy atom. The molecule has 0 bridgehead atoms. The van der Waals surface area contributed by atoms with Gasteiger partial charge in [-0.15, -0.1) is 0 Å². The van der Waals surface area contributed by atoms with Crippen molar-refractivity contribution < 1.29 is 4.79 Å². The number of benzene rings is 1. The zero-order valence-electron chi connectivity index (χ0n) is 14.8. The van der Waals surface area contributed by atoms with E-state index in [0.29, 0.717) is 23.7 Å². The first-order chi connectivity index (χ1) is 12.0. The molecule has 3 rings (SSSR count). The molecule has 0 atom stereocenters. The van der Waals surface area contributed by atoms with Crippen molar-refractivity contribution in [1.29, 1.82) is 0 Å². The molecule has 0 unspecified atom stereocenters. The summed E-state index contributed by atoms with van der Waals surface area (Å²) in [6, 6.07) is 11.0. The highest BCUT2D eigenvalue weighted by molar-refractivity contribution is 6.12. The molecule has 0 radical (unpaired) electrons. The fourth-order valence-corrected chi connectivity index (χ4v) is 3.02. The van der Waals surface area contributed by atoms with Gasteiger partial charge in [-0.3, -0.25) is 9.59 Å². The van der Waals surface area contributed by atoms with Crippen molar-refractivity contribution in [2.24, 2.45) is 5.92 Å². The molecule has 130 valence electrons. The second-order valence-corrected chi connectivity index (χ2v) is 6.60. The molecule has 0 fully saturated rings. The number of aromatic nitrogens is 2. The van der Waals surface area contributed by atoms with Gasteiger partial charge in [-0.2, -0.15) is 0 Å². The van der Waals surface area contributed by atoms with E-state index >= 15 is 0 Å². The van der Waals surface area contributed by atoms with Crippen molar-refractivity contribution in [2.75, 3.05) is 5.32 Å². The molecular formula is C20H23N3O2. The molecule has 0 aliphatic carbocycles. The van der Waals surface area contributed by atoms with Crippen LogP contribution in [-0.2, 0) is 13.1 Å². The molecule has 0 spiro atoms. The Kier molecular flexibility index (Phi) is 4.74. The molecule has 5 nitrogen and oxygen atoms in total. The lowest BCUT2D eigenvalue weighted by Crippen LogP contribution is -2.19. The molecule has 25 heavy (non-hydrogen) atoms. The van der Waals surface area contributed by atoms with Crippen molar-refractivity contribution in [3.05, 3.63) is 64.7 Å². The molecule has 2 aromatic heterocycles. The Bertz CT molecular complexity index is 966. The minimum atomic E-state index is -0.167. The fourth-order valence-electron chi connectivity index (χ4n) is 3.02. The van der Waals surface area contributed by atoms with Gasteiger partial charge >= 0.3 is 0 Å². The number of fused-ring (bicyclic) bond motifs is 1. The number of aryl methyl sites for hydroxylation is 1. The van der Waals surface area contributed by atoms with Crippen molar-refractivity contribution in [1.82, 2.24) is 9.13 Å². The maximum Gasteiger partial charge on any atom is 0.257 e. The molecule has 0 aliphatic rings. The van der Waals surface area contributed by atoms with Crippen LogP contribution in [0.4, 0.5) is 5.69 Å². The highest BCUT2D eigenvalue weighted by atomic mass is 16.1.